The summed E-state index contributed by atoms with van der Waals surface area (Å²) >= 11 is 0. The van der Waals surface area contributed by atoms with Crippen LogP contribution in [0.1, 0.15) is 26.2 Å². The minimum Gasteiger partial charge on any atom is -0.352 e. The van der Waals surface area contributed by atoms with Crippen LogP contribution in [-0.2, 0) is 10.0 Å². The van der Waals surface area contributed by atoms with Crippen LogP contribution in [0, 0.1) is 17.7 Å². The number of nitrogens with one attached hydrogen (secondary N) is 1. The van der Waals surface area contributed by atoms with E-state index in [1.165, 1.54) is 6.07 Å². The van der Waals surface area contributed by atoms with Crippen molar-refractivity contribution in [2.24, 2.45) is 11.8 Å². The molecular weight excluding hydrogens is 305 g/mol. The maximum Gasteiger partial charge on any atom is 0.211 e. The van der Waals surface area contributed by atoms with Crippen molar-refractivity contribution in [2.75, 3.05) is 23.7 Å². The molecule has 2 fully saturated rings. The molecule has 2 aliphatic rings. The van der Waals surface area contributed by atoms with E-state index < -0.39 is 10.0 Å². The van der Waals surface area contributed by atoms with E-state index in [9.17, 15) is 12.8 Å². The number of anilines is 1. The van der Waals surface area contributed by atoms with E-state index in [-0.39, 0.29) is 23.5 Å². The normalized spacial score (nSPS) is 25.6. The van der Waals surface area contributed by atoms with Crippen molar-refractivity contribution in [1.82, 2.24) is 9.71 Å². The highest BCUT2D eigenvalue weighted by molar-refractivity contribution is 7.89. The molecule has 2 heterocycles. The Bertz CT molecular complexity index is 633. The van der Waals surface area contributed by atoms with Gasteiger partial charge in [0.1, 0.15) is 0 Å². The van der Waals surface area contributed by atoms with Crippen LogP contribution in [0.2, 0.25) is 0 Å². The molecule has 5 nitrogen and oxygen atoms in total. The van der Waals surface area contributed by atoms with E-state index in [2.05, 4.69) is 9.71 Å². The van der Waals surface area contributed by atoms with Crippen molar-refractivity contribution in [3.8, 4) is 0 Å². The SMILES string of the molecule is CCCS(=O)(=O)N[C@@H]1CN(c2ncccc2F)C[C@H]1C1CC1. The third kappa shape index (κ3) is 3.41. The molecule has 1 saturated heterocycles. The molecule has 2 atom stereocenters. The third-order valence-electron chi connectivity index (χ3n) is 4.43. The highest BCUT2D eigenvalue weighted by Crippen LogP contribution is 2.42. The first-order chi connectivity index (χ1) is 10.5. The highest BCUT2D eigenvalue weighted by atomic mass is 32.2. The summed E-state index contributed by atoms with van der Waals surface area (Å²) in [5.74, 6) is 0.900. The molecule has 1 aliphatic heterocycles. The number of hydrogen-bond donors (Lipinski definition) is 1. The molecular formula is C15H22FN3O2S. The Morgan fingerprint density at radius 3 is 2.82 bits per heavy atom. The van der Waals surface area contributed by atoms with Crippen LogP contribution in [0.4, 0.5) is 10.2 Å². The highest BCUT2D eigenvalue weighted by Gasteiger charge is 2.44. The molecule has 1 aromatic rings. The number of sulfonamides is 1. The zero-order chi connectivity index (χ0) is 15.7. The molecule has 1 aliphatic carbocycles. The molecule has 122 valence electrons. The first-order valence-electron chi connectivity index (χ1n) is 7.85. The topological polar surface area (TPSA) is 62.3 Å². The fourth-order valence-electron chi connectivity index (χ4n) is 3.30. The van der Waals surface area contributed by atoms with Gasteiger partial charge >= 0.3 is 0 Å². The second-order valence-corrected chi connectivity index (χ2v) is 8.13. The molecule has 0 bridgehead atoms. The quantitative estimate of drug-likeness (QED) is 0.865. The first kappa shape index (κ1) is 15.7. The van der Waals surface area contributed by atoms with E-state index in [0.717, 1.165) is 12.8 Å². The van der Waals surface area contributed by atoms with Gasteiger partial charge in [-0.2, -0.15) is 0 Å². The van der Waals surface area contributed by atoms with Crippen LogP contribution in [-0.4, -0.2) is 38.3 Å². The van der Waals surface area contributed by atoms with Crippen molar-refractivity contribution < 1.29 is 12.8 Å². The number of hydrogen-bond acceptors (Lipinski definition) is 4. The summed E-state index contributed by atoms with van der Waals surface area (Å²) in [5.41, 5.74) is 0. The van der Waals surface area contributed by atoms with Crippen molar-refractivity contribution in [2.45, 2.75) is 32.2 Å². The van der Waals surface area contributed by atoms with Gasteiger partial charge in [0.2, 0.25) is 10.0 Å². The minimum absolute atomic E-state index is 0.138. The van der Waals surface area contributed by atoms with Gasteiger partial charge in [0, 0.05) is 25.3 Å². The van der Waals surface area contributed by atoms with Gasteiger partial charge in [0.25, 0.3) is 0 Å². The predicted octanol–water partition coefficient (Wildman–Crippen LogP) is 1.76. The largest absolute Gasteiger partial charge is 0.352 e. The molecule has 1 saturated carbocycles. The second-order valence-electron chi connectivity index (χ2n) is 6.26. The number of aromatic nitrogens is 1. The Labute approximate surface area is 131 Å². The molecule has 1 N–H and O–H groups in total. The summed E-state index contributed by atoms with van der Waals surface area (Å²) < 4.78 is 40.9. The number of pyridine rings is 1. The molecule has 0 amide bonds. The standard InChI is InChI=1S/C15H22FN3O2S/c1-2-8-22(20,21)18-14-10-19(9-12(14)11-5-6-11)15-13(16)4-3-7-17-15/h3-4,7,11-12,14,18H,2,5-6,8-10H2,1H3/t12-,14+/m0/s1. The number of halogens is 1. The van der Waals surface area contributed by atoms with Gasteiger partial charge in [0.05, 0.1) is 5.75 Å². The van der Waals surface area contributed by atoms with Crippen molar-refractivity contribution in [3.05, 3.63) is 24.1 Å². The zero-order valence-electron chi connectivity index (χ0n) is 12.7. The minimum atomic E-state index is -3.26. The van der Waals surface area contributed by atoms with Crippen molar-refractivity contribution in [3.63, 3.8) is 0 Å². The van der Waals surface area contributed by atoms with E-state index in [1.54, 1.807) is 12.3 Å². The lowest BCUT2D eigenvalue weighted by atomic mass is 9.99. The first-order valence-corrected chi connectivity index (χ1v) is 9.51. The van der Waals surface area contributed by atoms with Gasteiger partial charge in [-0.05, 0) is 43.2 Å². The maximum atomic E-state index is 13.9. The molecule has 0 unspecified atom stereocenters. The fourth-order valence-corrected chi connectivity index (χ4v) is 4.66. The van der Waals surface area contributed by atoms with Gasteiger partial charge in [0.15, 0.2) is 11.6 Å². The van der Waals surface area contributed by atoms with Crippen LogP contribution in [0.15, 0.2) is 18.3 Å². The summed E-state index contributed by atoms with van der Waals surface area (Å²) in [6.45, 7) is 3.00. The molecule has 0 aromatic carbocycles. The Kier molecular flexibility index (Phi) is 4.36. The Hall–Kier alpha value is -1.21. The zero-order valence-corrected chi connectivity index (χ0v) is 13.5. The molecule has 7 heteroatoms. The smallest absolute Gasteiger partial charge is 0.211 e. The molecule has 1 aromatic heterocycles. The van der Waals surface area contributed by atoms with Gasteiger partial charge in [-0.15, -0.1) is 0 Å². The summed E-state index contributed by atoms with van der Waals surface area (Å²) in [7, 11) is -3.26. The van der Waals surface area contributed by atoms with Crippen LogP contribution < -0.4 is 9.62 Å². The van der Waals surface area contributed by atoms with E-state index in [1.807, 2.05) is 11.8 Å². The van der Waals surface area contributed by atoms with E-state index in [4.69, 9.17) is 0 Å². The van der Waals surface area contributed by atoms with Crippen LogP contribution in [0.5, 0.6) is 0 Å². The summed E-state index contributed by atoms with van der Waals surface area (Å²) in [4.78, 5) is 5.99. The van der Waals surface area contributed by atoms with Gasteiger partial charge in [-0.1, -0.05) is 6.92 Å². The van der Waals surface area contributed by atoms with E-state index >= 15 is 0 Å². The average molecular weight is 327 g/mol. The maximum absolute atomic E-state index is 13.9. The Morgan fingerprint density at radius 1 is 1.41 bits per heavy atom. The van der Waals surface area contributed by atoms with E-state index in [0.29, 0.717) is 31.2 Å². The van der Waals surface area contributed by atoms with Crippen LogP contribution in [0.3, 0.4) is 0 Å². The lowest BCUT2D eigenvalue weighted by Gasteiger charge is -2.19. The Morgan fingerprint density at radius 2 is 2.18 bits per heavy atom. The average Bonchev–Trinajstić information content (AvgIpc) is 3.21. The van der Waals surface area contributed by atoms with Crippen LogP contribution in [0.25, 0.3) is 0 Å². The van der Waals surface area contributed by atoms with Gasteiger partial charge in [-0.25, -0.2) is 22.5 Å². The predicted molar refractivity (Wildman–Crippen MR) is 83.6 cm³/mol. The van der Waals surface area contributed by atoms with Crippen molar-refractivity contribution in [1.29, 1.82) is 0 Å². The summed E-state index contributed by atoms with van der Waals surface area (Å²) in [6, 6.07) is 2.81. The van der Waals surface area contributed by atoms with Gasteiger partial charge < -0.3 is 4.90 Å². The van der Waals surface area contributed by atoms with Crippen molar-refractivity contribution >= 4 is 15.8 Å². The fraction of sp³-hybridized carbons (Fsp3) is 0.667. The van der Waals surface area contributed by atoms with Crippen LogP contribution >= 0.6 is 0 Å². The number of nitrogens with zero attached hydrogens (tertiary/aromatic N) is 2. The lowest BCUT2D eigenvalue weighted by molar-refractivity contribution is 0.426. The summed E-state index contributed by atoms with van der Waals surface area (Å²) in [6.07, 6.45) is 4.43. The molecule has 0 spiro atoms. The summed E-state index contributed by atoms with van der Waals surface area (Å²) in [5, 5.41) is 0. The molecule has 0 radical (unpaired) electrons. The Balaban J connectivity index is 1.77. The molecule has 3 rings (SSSR count). The monoisotopic (exact) mass is 327 g/mol. The lowest BCUT2D eigenvalue weighted by Crippen LogP contribution is -2.42. The molecule has 22 heavy (non-hydrogen) atoms. The number of rotatable bonds is 6. The van der Waals surface area contributed by atoms with Gasteiger partial charge in [-0.3, -0.25) is 0 Å². The third-order valence-corrected chi connectivity index (χ3v) is 6.04. The second kappa shape index (κ2) is 6.12.